The maximum absolute atomic E-state index is 12.8. The van der Waals surface area contributed by atoms with Gasteiger partial charge >= 0.3 is 0 Å². The van der Waals surface area contributed by atoms with Gasteiger partial charge in [0.1, 0.15) is 5.82 Å². The van der Waals surface area contributed by atoms with Crippen LogP contribution in [0.3, 0.4) is 0 Å². The Bertz CT molecular complexity index is 277. The zero-order valence-corrected chi connectivity index (χ0v) is 9.09. The lowest BCUT2D eigenvalue weighted by molar-refractivity contribution is 0.627. The van der Waals surface area contributed by atoms with Crippen LogP contribution in [0.1, 0.15) is 0 Å². The minimum atomic E-state index is -0.500. The molecule has 0 spiro atoms. The lowest BCUT2D eigenvalue weighted by atomic mass is 10.3. The van der Waals surface area contributed by atoms with Gasteiger partial charge in [0.25, 0.3) is 0 Å². The van der Waals surface area contributed by atoms with E-state index in [2.05, 4.69) is 31.9 Å². The molecule has 0 radical (unpaired) electrons. The Morgan fingerprint density at radius 2 is 2.00 bits per heavy atom. The van der Waals surface area contributed by atoms with Gasteiger partial charge in [-0.15, -0.1) is 0 Å². The van der Waals surface area contributed by atoms with Gasteiger partial charge < -0.3 is 5.73 Å². The van der Waals surface area contributed by atoms with Gasteiger partial charge in [-0.3, -0.25) is 0 Å². The number of nitrogens with two attached hydrogens (primary N) is 1. The number of halogens is 4. The van der Waals surface area contributed by atoms with Crippen molar-refractivity contribution in [3.05, 3.63) is 25.9 Å². The number of hydrogen-bond donors (Lipinski definition) is 1. The van der Waals surface area contributed by atoms with Crippen LogP contribution in [0.4, 0.5) is 10.1 Å². The van der Waals surface area contributed by atoms with E-state index in [9.17, 15) is 4.39 Å². The average Bonchev–Trinajstić information content (AvgIpc) is 1.97. The summed E-state index contributed by atoms with van der Waals surface area (Å²) in [5.41, 5.74) is 5.91. The lowest BCUT2D eigenvalue weighted by Gasteiger charge is -2.03. The molecule has 0 saturated heterocycles. The quantitative estimate of drug-likeness (QED) is 0.442. The van der Waals surface area contributed by atoms with E-state index in [0.29, 0.717) is 14.6 Å². The Balaban J connectivity index is 3.46. The number of anilines is 1. The van der Waals surface area contributed by atoms with Crippen molar-refractivity contribution >= 4 is 49.1 Å². The molecule has 2 N–H and O–H groups in total. The number of benzene rings is 1. The Morgan fingerprint density at radius 3 is 2.55 bits per heavy atom. The minimum Gasteiger partial charge on any atom is -0.397 e. The first kappa shape index (κ1) is 9.29. The van der Waals surface area contributed by atoms with Crippen LogP contribution in [0.25, 0.3) is 0 Å². The first-order chi connectivity index (χ1) is 5.04. The SMILES string of the molecule is Nc1c(Br)cc(F)c(Cl)c1Br. The first-order valence-electron chi connectivity index (χ1n) is 2.62. The standard InChI is InChI=1S/C6H3Br2ClFN/c7-2-1-3(10)5(9)4(8)6(2)11/h1H,11H2. The fourth-order valence-electron chi connectivity index (χ4n) is 0.580. The number of hydrogen-bond acceptors (Lipinski definition) is 1. The topological polar surface area (TPSA) is 26.0 Å². The molecule has 0 saturated carbocycles. The minimum absolute atomic E-state index is 0.00528. The van der Waals surface area contributed by atoms with Crippen molar-refractivity contribution < 1.29 is 4.39 Å². The Morgan fingerprint density at radius 1 is 1.45 bits per heavy atom. The monoisotopic (exact) mass is 301 g/mol. The summed E-state index contributed by atoms with van der Waals surface area (Å²) in [6, 6.07) is 1.22. The molecule has 1 aromatic carbocycles. The van der Waals surface area contributed by atoms with Crippen molar-refractivity contribution in [3.8, 4) is 0 Å². The van der Waals surface area contributed by atoms with E-state index >= 15 is 0 Å². The fourth-order valence-corrected chi connectivity index (χ4v) is 1.80. The molecular weight excluding hydrogens is 300 g/mol. The highest BCUT2D eigenvalue weighted by Gasteiger charge is 2.10. The molecule has 0 atom stereocenters. The summed E-state index contributed by atoms with van der Waals surface area (Å²) in [5.74, 6) is -0.500. The molecule has 1 aromatic rings. The molecule has 0 aromatic heterocycles. The second-order valence-corrected chi connectivity index (χ2v) is 3.91. The molecule has 0 heterocycles. The molecule has 0 amide bonds. The van der Waals surface area contributed by atoms with Crippen molar-refractivity contribution in [3.63, 3.8) is 0 Å². The maximum atomic E-state index is 12.8. The number of rotatable bonds is 0. The molecule has 0 aliphatic heterocycles. The van der Waals surface area contributed by atoms with Gasteiger partial charge in [-0.2, -0.15) is 0 Å². The van der Waals surface area contributed by atoms with Crippen LogP contribution < -0.4 is 5.73 Å². The predicted molar refractivity (Wildman–Crippen MR) is 51.2 cm³/mol. The van der Waals surface area contributed by atoms with Crippen molar-refractivity contribution in [2.75, 3.05) is 5.73 Å². The second kappa shape index (κ2) is 3.29. The molecule has 0 unspecified atom stereocenters. The van der Waals surface area contributed by atoms with E-state index in [1.807, 2.05) is 0 Å². The van der Waals surface area contributed by atoms with Crippen LogP contribution >= 0.6 is 43.5 Å². The zero-order valence-electron chi connectivity index (χ0n) is 5.17. The predicted octanol–water partition coefficient (Wildman–Crippen LogP) is 3.59. The first-order valence-corrected chi connectivity index (χ1v) is 4.59. The van der Waals surface area contributed by atoms with Crippen molar-refractivity contribution in [1.82, 2.24) is 0 Å². The van der Waals surface area contributed by atoms with Crippen LogP contribution in [0.15, 0.2) is 15.0 Å². The summed E-state index contributed by atoms with van der Waals surface area (Å²) in [4.78, 5) is 0. The zero-order chi connectivity index (χ0) is 8.59. The summed E-state index contributed by atoms with van der Waals surface area (Å²) in [6.45, 7) is 0. The average molecular weight is 303 g/mol. The highest BCUT2D eigenvalue weighted by Crippen LogP contribution is 2.35. The van der Waals surface area contributed by atoms with E-state index in [-0.39, 0.29) is 5.02 Å². The summed E-state index contributed by atoms with van der Waals surface area (Å²) in [7, 11) is 0. The molecule has 5 heteroatoms. The summed E-state index contributed by atoms with van der Waals surface area (Å²) in [6.07, 6.45) is 0. The van der Waals surface area contributed by atoms with Gasteiger partial charge in [-0.1, -0.05) is 11.6 Å². The van der Waals surface area contributed by atoms with E-state index < -0.39 is 5.82 Å². The van der Waals surface area contributed by atoms with E-state index in [1.54, 1.807) is 0 Å². The third-order valence-corrected chi connectivity index (χ3v) is 3.23. The van der Waals surface area contributed by atoms with Gasteiger partial charge in [0, 0.05) is 4.47 Å². The Kier molecular flexibility index (Phi) is 2.78. The molecule has 1 rings (SSSR count). The highest BCUT2D eigenvalue weighted by molar-refractivity contribution is 9.11. The molecular formula is C6H3Br2ClFN. The van der Waals surface area contributed by atoms with Gasteiger partial charge in [0.05, 0.1) is 15.2 Å². The molecule has 11 heavy (non-hydrogen) atoms. The van der Waals surface area contributed by atoms with Crippen LogP contribution in [-0.4, -0.2) is 0 Å². The maximum Gasteiger partial charge on any atom is 0.144 e. The van der Waals surface area contributed by atoms with E-state index in [0.717, 1.165) is 0 Å². The van der Waals surface area contributed by atoms with Crippen LogP contribution in [0.2, 0.25) is 5.02 Å². The molecule has 0 fully saturated rings. The third kappa shape index (κ3) is 1.68. The molecule has 0 bridgehead atoms. The van der Waals surface area contributed by atoms with Gasteiger partial charge in [0.2, 0.25) is 0 Å². The van der Waals surface area contributed by atoms with Crippen LogP contribution in [0, 0.1) is 5.82 Å². The van der Waals surface area contributed by atoms with Crippen molar-refractivity contribution in [2.24, 2.45) is 0 Å². The van der Waals surface area contributed by atoms with Crippen molar-refractivity contribution in [2.45, 2.75) is 0 Å². The molecule has 0 aliphatic rings. The van der Waals surface area contributed by atoms with Crippen LogP contribution in [-0.2, 0) is 0 Å². The highest BCUT2D eigenvalue weighted by atomic mass is 79.9. The van der Waals surface area contributed by atoms with E-state index in [4.69, 9.17) is 17.3 Å². The van der Waals surface area contributed by atoms with Gasteiger partial charge in [-0.25, -0.2) is 4.39 Å². The summed E-state index contributed by atoms with van der Waals surface area (Å²) < 4.78 is 13.6. The third-order valence-electron chi connectivity index (χ3n) is 1.15. The number of nitrogen functional groups attached to an aromatic ring is 1. The summed E-state index contributed by atoms with van der Waals surface area (Å²) in [5, 5.41) is 0.00528. The van der Waals surface area contributed by atoms with Crippen LogP contribution in [0.5, 0.6) is 0 Å². The Labute approximate surface area is 85.0 Å². The summed E-state index contributed by atoms with van der Waals surface area (Å²) >= 11 is 11.7. The Hall–Kier alpha value is 0.200. The fraction of sp³-hybridized carbons (Fsp3) is 0. The molecule has 60 valence electrons. The smallest absolute Gasteiger partial charge is 0.144 e. The van der Waals surface area contributed by atoms with E-state index in [1.165, 1.54) is 6.07 Å². The van der Waals surface area contributed by atoms with Crippen molar-refractivity contribution in [1.29, 1.82) is 0 Å². The molecule has 1 nitrogen and oxygen atoms in total. The largest absolute Gasteiger partial charge is 0.397 e. The second-order valence-electron chi connectivity index (χ2n) is 1.88. The van der Waals surface area contributed by atoms with Gasteiger partial charge in [-0.05, 0) is 37.9 Å². The van der Waals surface area contributed by atoms with Gasteiger partial charge in [0.15, 0.2) is 0 Å². The molecule has 0 aliphatic carbocycles. The lowest BCUT2D eigenvalue weighted by Crippen LogP contribution is -1.91. The normalized spacial score (nSPS) is 10.2.